The SMILES string of the molecule is CCOc1ccc(Oc2cc(CNCc3cnn(C)c3)ccn2)cc1. The average Bonchev–Trinajstić information content (AvgIpc) is 3.03. The molecule has 6 nitrogen and oxygen atoms in total. The minimum Gasteiger partial charge on any atom is -0.494 e. The molecule has 25 heavy (non-hydrogen) atoms. The van der Waals surface area contributed by atoms with Crippen LogP contribution in [0.25, 0.3) is 0 Å². The van der Waals surface area contributed by atoms with Gasteiger partial charge in [0.15, 0.2) is 0 Å². The van der Waals surface area contributed by atoms with Crippen LogP contribution in [0.2, 0.25) is 0 Å². The van der Waals surface area contributed by atoms with Crippen LogP contribution < -0.4 is 14.8 Å². The Labute approximate surface area is 147 Å². The summed E-state index contributed by atoms with van der Waals surface area (Å²) >= 11 is 0. The Balaban J connectivity index is 1.55. The van der Waals surface area contributed by atoms with Crippen LogP contribution in [0, 0.1) is 0 Å². The lowest BCUT2D eigenvalue weighted by Gasteiger charge is -2.08. The molecule has 0 unspecified atom stereocenters. The van der Waals surface area contributed by atoms with Crippen molar-refractivity contribution >= 4 is 0 Å². The van der Waals surface area contributed by atoms with Crippen molar-refractivity contribution in [2.45, 2.75) is 20.0 Å². The highest BCUT2D eigenvalue weighted by atomic mass is 16.5. The van der Waals surface area contributed by atoms with Crippen LogP contribution in [-0.2, 0) is 20.1 Å². The number of hydrogen-bond donors (Lipinski definition) is 1. The van der Waals surface area contributed by atoms with Gasteiger partial charge in [-0.05, 0) is 42.8 Å². The van der Waals surface area contributed by atoms with Gasteiger partial charge in [-0.15, -0.1) is 0 Å². The smallest absolute Gasteiger partial charge is 0.219 e. The fourth-order valence-electron chi connectivity index (χ4n) is 2.42. The molecule has 0 aliphatic carbocycles. The van der Waals surface area contributed by atoms with E-state index in [9.17, 15) is 0 Å². The van der Waals surface area contributed by atoms with Crippen molar-refractivity contribution in [3.05, 3.63) is 66.1 Å². The molecule has 0 saturated heterocycles. The van der Waals surface area contributed by atoms with Gasteiger partial charge in [0.05, 0.1) is 12.8 Å². The van der Waals surface area contributed by atoms with Gasteiger partial charge in [0.2, 0.25) is 5.88 Å². The van der Waals surface area contributed by atoms with Gasteiger partial charge in [-0.1, -0.05) is 0 Å². The van der Waals surface area contributed by atoms with Crippen molar-refractivity contribution in [3.63, 3.8) is 0 Å². The highest BCUT2D eigenvalue weighted by Crippen LogP contribution is 2.23. The molecule has 0 atom stereocenters. The largest absolute Gasteiger partial charge is 0.494 e. The highest BCUT2D eigenvalue weighted by molar-refractivity contribution is 5.34. The van der Waals surface area contributed by atoms with E-state index in [1.807, 2.05) is 62.8 Å². The summed E-state index contributed by atoms with van der Waals surface area (Å²) < 4.78 is 13.0. The lowest BCUT2D eigenvalue weighted by Crippen LogP contribution is -2.12. The zero-order chi connectivity index (χ0) is 17.5. The van der Waals surface area contributed by atoms with E-state index in [0.717, 1.165) is 35.7 Å². The molecule has 6 heteroatoms. The minimum absolute atomic E-state index is 0.574. The monoisotopic (exact) mass is 338 g/mol. The number of nitrogens with zero attached hydrogens (tertiary/aromatic N) is 3. The topological polar surface area (TPSA) is 61.2 Å². The van der Waals surface area contributed by atoms with Gasteiger partial charge in [-0.25, -0.2) is 4.98 Å². The van der Waals surface area contributed by atoms with Crippen LogP contribution in [-0.4, -0.2) is 21.4 Å². The maximum atomic E-state index is 5.81. The van der Waals surface area contributed by atoms with Gasteiger partial charge in [-0.3, -0.25) is 4.68 Å². The first kappa shape index (κ1) is 17.0. The van der Waals surface area contributed by atoms with Crippen molar-refractivity contribution in [2.24, 2.45) is 7.05 Å². The first-order valence-corrected chi connectivity index (χ1v) is 8.27. The molecule has 0 aliphatic rings. The molecule has 0 amide bonds. The van der Waals surface area contributed by atoms with Crippen LogP contribution in [0.5, 0.6) is 17.4 Å². The summed E-state index contributed by atoms with van der Waals surface area (Å²) in [6, 6.07) is 11.4. The number of rotatable bonds is 8. The molecule has 0 aliphatic heterocycles. The third kappa shape index (κ3) is 5.06. The zero-order valence-electron chi connectivity index (χ0n) is 14.5. The molecule has 2 heterocycles. The molecule has 130 valence electrons. The van der Waals surface area contributed by atoms with Crippen LogP contribution in [0.4, 0.5) is 0 Å². The second kappa shape index (κ2) is 8.30. The number of hydrogen-bond acceptors (Lipinski definition) is 5. The van der Waals surface area contributed by atoms with Crippen LogP contribution in [0.1, 0.15) is 18.1 Å². The molecule has 1 N–H and O–H groups in total. The van der Waals surface area contributed by atoms with Gasteiger partial charge in [0, 0.05) is 44.2 Å². The number of aryl methyl sites for hydroxylation is 1. The number of ether oxygens (including phenoxy) is 2. The van der Waals surface area contributed by atoms with Gasteiger partial charge in [0.1, 0.15) is 11.5 Å². The van der Waals surface area contributed by atoms with E-state index in [-0.39, 0.29) is 0 Å². The van der Waals surface area contributed by atoms with Crippen LogP contribution in [0.3, 0.4) is 0 Å². The average molecular weight is 338 g/mol. The lowest BCUT2D eigenvalue weighted by molar-refractivity contribution is 0.339. The number of aromatic nitrogens is 3. The van der Waals surface area contributed by atoms with Gasteiger partial charge < -0.3 is 14.8 Å². The first-order chi connectivity index (χ1) is 12.2. The highest BCUT2D eigenvalue weighted by Gasteiger charge is 2.02. The van der Waals surface area contributed by atoms with Crippen LogP contribution >= 0.6 is 0 Å². The third-order valence-electron chi connectivity index (χ3n) is 3.57. The van der Waals surface area contributed by atoms with E-state index in [0.29, 0.717) is 12.5 Å². The molecule has 0 spiro atoms. The molecule has 3 rings (SSSR count). The molecule has 0 radical (unpaired) electrons. The maximum absolute atomic E-state index is 5.81. The van der Waals surface area contributed by atoms with E-state index in [2.05, 4.69) is 15.4 Å². The zero-order valence-corrected chi connectivity index (χ0v) is 14.5. The predicted molar refractivity (Wildman–Crippen MR) is 95.7 cm³/mol. The maximum Gasteiger partial charge on any atom is 0.219 e. The Morgan fingerprint density at radius 3 is 2.52 bits per heavy atom. The quantitative estimate of drug-likeness (QED) is 0.683. The summed E-state index contributed by atoms with van der Waals surface area (Å²) in [6.07, 6.45) is 5.62. The number of benzene rings is 1. The Morgan fingerprint density at radius 1 is 1.04 bits per heavy atom. The lowest BCUT2D eigenvalue weighted by atomic mass is 10.2. The molecule has 3 aromatic rings. The van der Waals surface area contributed by atoms with E-state index in [1.54, 1.807) is 10.9 Å². The predicted octanol–water partition coefficient (Wildman–Crippen LogP) is 3.30. The Kier molecular flexibility index (Phi) is 5.64. The molecule has 0 saturated carbocycles. The summed E-state index contributed by atoms with van der Waals surface area (Å²) in [5.74, 6) is 2.14. The van der Waals surface area contributed by atoms with Crippen molar-refractivity contribution in [1.29, 1.82) is 0 Å². The fourth-order valence-corrected chi connectivity index (χ4v) is 2.42. The Bertz CT molecular complexity index is 799. The molecular formula is C19H22N4O2. The molecule has 1 aromatic carbocycles. The summed E-state index contributed by atoms with van der Waals surface area (Å²) in [6.45, 7) is 4.11. The Hall–Kier alpha value is -2.86. The minimum atomic E-state index is 0.574. The second-order valence-corrected chi connectivity index (χ2v) is 5.63. The van der Waals surface area contributed by atoms with Crippen molar-refractivity contribution in [1.82, 2.24) is 20.1 Å². The van der Waals surface area contributed by atoms with Crippen molar-refractivity contribution in [2.75, 3.05) is 6.61 Å². The van der Waals surface area contributed by atoms with Crippen LogP contribution in [0.15, 0.2) is 55.0 Å². The van der Waals surface area contributed by atoms with Crippen molar-refractivity contribution < 1.29 is 9.47 Å². The second-order valence-electron chi connectivity index (χ2n) is 5.63. The summed E-state index contributed by atoms with van der Waals surface area (Å²) in [5.41, 5.74) is 2.27. The van der Waals surface area contributed by atoms with Gasteiger partial charge >= 0.3 is 0 Å². The van der Waals surface area contributed by atoms with E-state index in [4.69, 9.17) is 9.47 Å². The van der Waals surface area contributed by atoms with E-state index < -0.39 is 0 Å². The number of pyridine rings is 1. The molecule has 2 aromatic heterocycles. The van der Waals surface area contributed by atoms with Crippen molar-refractivity contribution in [3.8, 4) is 17.4 Å². The van der Waals surface area contributed by atoms with Gasteiger partial charge in [0.25, 0.3) is 0 Å². The molecule has 0 bridgehead atoms. The summed E-state index contributed by atoms with van der Waals surface area (Å²) in [4.78, 5) is 4.27. The van der Waals surface area contributed by atoms with E-state index in [1.165, 1.54) is 0 Å². The molecular weight excluding hydrogens is 316 g/mol. The third-order valence-corrected chi connectivity index (χ3v) is 3.57. The summed E-state index contributed by atoms with van der Waals surface area (Å²) in [7, 11) is 1.91. The van der Waals surface area contributed by atoms with E-state index >= 15 is 0 Å². The fraction of sp³-hybridized carbons (Fsp3) is 0.263. The Morgan fingerprint density at radius 2 is 1.80 bits per heavy atom. The summed E-state index contributed by atoms with van der Waals surface area (Å²) in [5, 5.41) is 7.55. The number of nitrogens with one attached hydrogen (secondary N) is 1. The van der Waals surface area contributed by atoms with Gasteiger partial charge in [-0.2, -0.15) is 5.10 Å². The normalized spacial score (nSPS) is 10.6. The first-order valence-electron chi connectivity index (χ1n) is 8.27. The molecule has 0 fully saturated rings. The standard InChI is InChI=1S/C19H22N4O2/c1-3-24-17-4-6-18(7-5-17)25-19-10-15(8-9-21-19)11-20-12-16-13-22-23(2)14-16/h4-10,13-14,20H,3,11-12H2,1-2H3.